The zero-order chi connectivity index (χ0) is 36.0. The van der Waals surface area contributed by atoms with Gasteiger partial charge in [0.25, 0.3) is 0 Å². The lowest BCUT2D eigenvalue weighted by Crippen LogP contribution is -0.856. The van der Waals surface area contributed by atoms with Gasteiger partial charge in [-0.15, -0.1) is 0 Å². The Morgan fingerprint density at radius 1 is 0.0556 bits per heavy atom. The van der Waals surface area contributed by atoms with Gasteiger partial charge in [0.1, 0.15) is 0 Å². The van der Waals surface area contributed by atoms with Gasteiger partial charge in [0.15, 0.2) is 0 Å². The average molecular weight is 541 g/mol. The summed E-state index contributed by atoms with van der Waals surface area (Å²) in [5.41, 5.74) is 0. The molecule has 0 saturated carbocycles. The first kappa shape index (κ1) is 136. The normalized spacial score (nSPS) is 3.00. The SMILES string of the molecule is CC.CC.CC.CC.CC.CC.CC.CC.CC.CC.CC.CC.CC.CC.CC.CC.CC.CC. The molecule has 0 amide bonds. The van der Waals surface area contributed by atoms with Crippen LogP contribution in [0.2, 0.25) is 0 Å². The molecule has 0 nitrogen and oxygen atoms in total. The molecule has 0 atom stereocenters. The third kappa shape index (κ3) is 0. The molecule has 0 radical (unpaired) electrons. The smallest absolute Gasteiger partial charge is 0.0683 e. The van der Waals surface area contributed by atoms with Gasteiger partial charge in [-0.25, -0.2) is 0 Å². The molecular formula is C36H108. The number of hydrogen-bond acceptors (Lipinski definition) is 0. The van der Waals surface area contributed by atoms with Crippen molar-refractivity contribution in [2.75, 3.05) is 0 Å². The highest BCUT2D eigenvalue weighted by molar-refractivity contribution is 3.54. The molecule has 0 aliphatic carbocycles. The Bertz CT molecular complexity index is 0. The maximum Gasteiger partial charge on any atom is -0.0683 e. The van der Waals surface area contributed by atoms with Crippen molar-refractivity contribution in [1.82, 2.24) is 0 Å². The van der Waals surface area contributed by atoms with Gasteiger partial charge in [0.2, 0.25) is 0 Å². The van der Waals surface area contributed by atoms with Crippen LogP contribution in [-0.4, -0.2) is 0 Å². The fraction of sp³-hybridized carbons (Fsp3) is 1.00. The van der Waals surface area contributed by atoms with E-state index >= 15 is 0 Å². The minimum absolute atomic E-state index is 2.00. The van der Waals surface area contributed by atoms with Crippen molar-refractivity contribution in [3.05, 3.63) is 0 Å². The fourth-order valence-corrected chi connectivity index (χ4v) is 0. The number of hydrogen-bond donors (Lipinski definition) is 0. The molecule has 0 heteroatoms. The Hall–Kier alpha value is 0. The van der Waals surface area contributed by atoms with Gasteiger partial charge < -0.3 is 0 Å². The monoisotopic (exact) mass is 541 g/mol. The molecule has 0 aliphatic rings. The topological polar surface area (TPSA) is 0 Å². The lowest BCUT2D eigenvalue weighted by molar-refractivity contribution is 1.50. The van der Waals surface area contributed by atoms with E-state index in [-0.39, 0.29) is 0 Å². The number of rotatable bonds is 0. The molecule has 0 bridgehead atoms. The summed E-state index contributed by atoms with van der Waals surface area (Å²) in [6.07, 6.45) is 0. The standard InChI is InChI=1S/18C2H6/c18*1-2/h18*1-2H3. The van der Waals surface area contributed by atoms with Crippen molar-refractivity contribution in [2.45, 2.75) is 249 Å². The lowest BCUT2D eigenvalue weighted by atomic mass is 11.0. The zero-order valence-corrected chi connectivity index (χ0v) is 36.0. The Balaban J connectivity index is -0.00000000596. The highest BCUT2D eigenvalue weighted by atomic mass is 13.0. The van der Waals surface area contributed by atoms with Crippen molar-refractivity contribution in [1.29, 1.82) is 0 Å². The van der Waals surface area contributed by atoms with Crippen molar-refractivity contribution in [3.63, 3.8) is 0 Å². The van der Waals surface area contributed by atoms with Crippen LogP contribution in [0.15, 0.2) is 0 Å². The van der Waals surface area contributed by atoms with Gasteiger partial charge in [-0.05, 0) is 0 Å². The first-order valence-corrected chi connectivity index (χ1v) is 18.0. The molecule has 36 heavy (non-hydrogen) atoms. The van der Waals surface area contributed by atoms with E-state index in [2.05, 4.69) is 0 Å². The predicted octanol–water partition coefficient (Wildman–Crippen LogP) is 18.5. The maximum atomic E-state index is 2.00. The molecule has 0 heterocycles. The van der Waals surface area contributed by atoms with E-state index in [4.69, 9.17) is 0 Å². The summed E-state index contributed by atoms with van der Waals surface area (Å²) in [5, 5.41) is 0. The van der Waals surface area contributed by atoms with Crippen LogP contribution in [-0.2, 0) is 0 Å². The molecule has 0 aromatic carbocycles. The van der Waals surface area contributed by atoms with E-state index in [1.54, 1.807) is 0 Å². The maximum absolute atomic E-state index is 2.00. The van der Waals surface area contributed by atoms with Crippen LogP contribution in [0.25, 0.3) is 0 Å². The second-order valence-corrected chi connectivity index (χ2v) is 0. The third-order valence-corrected chi connectivity index (χ3v) is 0. The van der Waals surface area contributed by atoms with Gasteiger partial charge in [-0.2, -0.15) is 0 Å². The fourth-order valence-electron chi connectivity index (χ4n) is 0. The van der Waals surface area contributed by atoms with Crippen LogP contribution in [0.1, 0.15) is 249 Å². The van der Waals surface area contributed by atoms with E-state index < -0.39 is 0 Å². The Labute approximate surface area is 249 Å². The molecule has 0 saturated heterocycles. The van der Waals surface area contributed by atoms with Gasteiger partial charge in [0.05, 0.1) is 0 Å². The van der Waals surface area contributed by atoms with Gasteiger partial charge >= 0.3 is 0 Å². The molecule has 0 N–H and O–H groups in total. The average Bonchev–Trinajstić information content (AvgIpc) is 3.13. The van der Waals surface area contributed by atoms with E-state index in [1.807, 2.05) is 249 Å². The van der Waals surface area contributed by atoms with Crippen molar-refractivity contribution in [3.8, 4) is 0 Å². The largest absolute Gasteiger partial charge is 0.0683 e. The van der Waals surface area contributed by atoms with Crippen molar-refractivity contribution < 1.29 is 0 Å². The van der Waals surface area contributed by atoms with Crippen LogP contribution in [0.3, 0.4) is 0 Å². The molecule has 0 aromatic heterocycles. The second-order valence-electron chi connectivity index (χ2n) is 0. The van der Waals surface area contributed by atoms with Gasteiger partial charge in [0, 0.05) is 0 Å². The third-order valence-electron chi connectivity index (χ3n) is 0. The van der Waals surface area contributed by atoms with Crippen molar-refractivity contribution in [2.24, 2.45) is 0 Å². The molecule has 252 valence electrons. The molecule has 0 unspecified atom stereocenters. The van der Waals surface area contributed by atoms with Crippen LogP contribution >= 0.6 is 0 Å². The lowest BCUT2D eigenvalue weighted by Gasteiger charge is -1.07. The quantitative estimate of drug-likeness (QED) is 0.286. The first-order valence-electron chi connectivity index (χ1n) is 18.0. The second kappa shape index (κ2) is 0. The minimum Gasteiger partial charge on any atom is -0.0683 e. The summed E-state index contributed by atoms with van der Waals surface area (Å²) < 4.78 is 0. The molecule has 0 spiro atoms. The van der Waals surface area contributed by atoms with Crippen LogP contribution in [0, 0.1) is 0 Å². The Morgan fingerprint density at radius 2 is 0.0556 bits per heavy atom. The van der Waals surface area contributed by atoms with Gasteiger partial charge in [-0.1, -0.05) is 249 Å². The highest BCUT2D eigenvalue weighted by Gasteiger charge is 0.966. The van der Waals surface area contributed by atoms with Crippen LogP contribution < -0.4 is 0 Å². The molecule has 0 fully saturated rings. The Morgan fingerprint density at radius 3 is 0.0556 bits per heavy atom. The molecular weight excluding hydrogens is 432 g/mol. The summed E-state index contributed by atoms with van der Waals surface area (Å²) >= 11 is 0. The first-order chi connectivity index (χ1) is 18.0. The summed E-state index contributed by atoms with van der Waals surface area (Å²) in [6, 6.07) is 0. The van der Waals surface area contributed by atoms with Crippen LogP contribution in [0.4, 0.5) is 0 Å². The predicted molar refractivity (Wildman–Crippen MR) is 204 cm³/mol. The van der Waals surface area contributed by atoms with E-state index in [1.165, 1.54) is 0 Å². The summed E-state index contributed by atoms with van der Waals surface area (Å²) in [5.74, 6) is 0. The highest BCUT2D eigenvalue weighted by Crippen LogP contribution is 1.18. The molecule has 0 rings (SSSR count). The Kier molecular flexibility index (Phi) is 0. The molecule has 0 aliphatic heterocycles. The summed E-state index contributed by atoms with van der Waals surface area (Å²) in [4.78, 5) is 0. The summed E-state index contributed by atoms with van der Waals surface area (Å²) in [6.45, 7) is 72.0. The van der Waals surface area contributed by atoms with Crippen molar-refractivity contribution >= 4 is 0 Å². The minimum atomic E-state index is 2.00. The van der Waals surface area contributed by atoms with Gasteiger partial charge in [-0.3, -0.25) is 0 Å². The molecule has 0 aromatic rings. The summed E-state index contributed by atoms with van der Waals surface area (Å²) in [7, 11) is 0. The van der Waals surface area contributed by atoms with E-state index in [0.717, 1.165) is 0 Å². The van der Waals surface area contributed by atoms with E-state index in [9.17, 15) is 0 Å². The zero-order valence-electron chi connectivity index (χ0n) is 36.0. The van der Waals surface area contributed by atoms with Crippen LogP contribution in [0.5, 0.6) is 0 Å². The van der Waals surface area contributed by atoms with E-state index in [0.29, 0.717) is 0 Å².